The van der Waals surface area contributed by atoms with Crippen LogP contribution in [0.2, 0.25) is 0 Å². The number of nitrogens with zero attached hydrogens (tertiary/aromatic N) is 2. The lowest BCUT2D eigenvalue weighted by molar-refractivity contribution is -0.0837. The van der Waals surface area contributed by atoms with Gasteiger partial charge in [-0.05, 0) is 24.6 Å². The molecule has 0 unspecified atom stereocenters. The topological polar surface area (TPSA) is 65.4 Å². The van der Waals surface area contributed by atoms with E-state index in [2.05, 4.69) is 10.3 Å². The van der Waals surface area contributed by atoms with Crippen molar-refractivity contribution in [3.8, 4) is 5.69 Å². The van der Waals surface area contributed by atoms with E-state index in [4.69, 9.17) is 9.47 Å². The zero-order valence-corrected chi connectivity index (χ0v) is 14.9. The molecule has 6 heteroatoms. The van der Waals surface area contributed by atoms with Crippen molar-refractivity contribution in [1.29, 1.82) is 0 Å². The fraction of sp³-hybridized carbons (Fsp3) is 0.333. The summed E-state index contributed by atoms with van der Waals surface area (Å²) >= 11 is 0. The van der Waals surface area contributed by atoms with Crippen molar-refractivity contribution < 1.29 is 14.3 Å². The number of hydrogen-bond donors (Lipinski definition) is 1. The predicted molar refractivity (Wildman–Crippen MR) is 101 cm³/mol. The molecule has 138 valence electrons. The van der Waals surface area contributed by atoms with E-state index in [0.717, 1.165) is 36.0 Å². The predicted octanol–water partition coefficient (Wildman–Crippen LogP) is 3.05. The van der Waals surface area contributed by atoms with Crippen molar-refractivity contribution in [2.75, 3.05) is 6.61 Å². The lowest BCUT2D eigenvalue weighted by atomic mass is 9.96. The second-order valence-electron chi connectivity index (χ2n) is 7.15. The van der Waals surface area contributed by atoms with Gasteiger partial charge in [-0.3, -0.25) is 10.3 Å². The summed E-state index contributed by atoms with van der Waals surface area (Å²) in [5, 5.41) is 4.31. The Bertz CT molecular complexity index is 957. The number of pyridine rings is 1. The Morgan fingerprint density at radius 3 is 3.00 bits per heavy atom. The van der Waals surface area contributed by atoms with Crippen LogP contribution in [0.4, 0.5) is 0 Å². The second-order valence-corrected chi connectivity index (χ2v) is 7.15. The number of piperidine rings is 1. The normalized spacial score (nSPS) is 24.7. The molecule has 3 aromatic rings. The van der Waals surface area contributed by atoms with Gasteiger partial charge >= 0.3 is 5.97 Å². The number of aromatic nitrogens is 2. The fourth-order valence-electron chi connectivity index (χ4n) is 4.08. The molecule has 0 radical (unpaired) electrons. The molecule has 2 saturated heterocycles. The molecule has 27 heavy (non-hydrogen) atoms. The van der Waals surface area contributed by atoms with E-state index in [1.165, 1.54) is 0 Å². The Morgan fingerprint density at radius 1 is 1.22 bits per heavy atom. The molecule has 3 atom stereocenters. The first-order valence-electron chi connectivity index (χ1n) is 9.37. The maximum Gasteiger partial charge on any atom is 0.340 e. The highest BCUT2D eigenvalue weighted by Crippen LogP contribution is 2.28. The lowest BCUT2D eigenvalue weighted by Crippen LogP contribution is -2.53. The average molecular weight is 363 g/mol. The molecule has 2 aliphatic heterocycles. The molecular weight excluding hydrogens is 342 g/mol. The Balaban J connectivity index is 1.45. The van der Waals surface area contributed by atoms with Crippen LogP contribution in [0.15, 0.2) is 55.0 Å². The van der Waals surface area contributed by atoms with Crippen LogP contribution < -0.4 is 5.32 Å². The summed E-state index contributed by atoms with van der Waals surface area (Å²) in [4.78, 5) is 17.2. The zero-order chi connectivity index (χ0) is 18.2. The number of rotatable bonds is 3. The Kier molecular flexibility index (Phi) is 4.14. The van der Waals surface area contributed by atoms with Gasteiger partial charge in [-0.15, -0.1) is 0 Å². The van der Waals surface area contributed by atoms with Gasteiger partial charge in [0.15, 0.2) is 0 Å². The Labute approximate surface area is 157 Å². The molecule has 2 aliphatic rings. The molecule has 4 heterocycles. The van der Waals surface area contributed by atoms with Gasteiger partial charge in [0.2, 0.25) is 0 Å². The van der Waals surface area contributed by atoms with Crippen molar-refractivity contribution in [3.63, 3.8) is 0 Å². The number of carbonyl (C=O) groups excluding carboxylic acids is 1. The summed E-state index contributed by atoms with van der Waals surface area (Å²) in [6.45, 7) is 0.779. The molecule has 0 saturated carbocycles. The quantitative estimate of drug-likeness (QED) is 0.725. The molecule has 5 rings (SSSR count). The molecule has 1 N–H and O–H groups in total. The van der Waals surface area contributed by atoms with E-state index in [-0.39, 0.29) is 18.3 Å². The maximum absolute atomic E-state index is 13.0. The third-order valence-electron chi connectivity index (χ3n) is 5.36. The Morgan fingerprint density at radius 2 is 2.15 bits per heavy atom. The van der Waals surface area contributed by atoms with Gasteiger partial charge in [0.1, 0.15) is 12.3 Å². The van der Waals surface area contributed by atoms with E-state index in [9.17, 15) is 4.79 Å². The van der Waals surface area contributed by atoms with E-state index in [1.54, 1.807) is 12.4 Å². The molecule has 2 bridgehead atoms. The monoisotopic (exact) mass is 363 g/mol. The molecule has 0 spiro atoms. The van der Waals surface area contributed by atoms with Crippen LogP contribution in [0.1, 0.15) is 29.6 Å². The number of hydrogen-bond acceptors (Lipinski definition) is 5. The van der Waals surface area contributed by atoms with Crippen molar-refractivity contribution in [2.45, 2.75) is 37.6 Å². The van der Waals surface area contributed by atoms with Gasteiger partial charge in [-0.25, -0.2) is 4.79 Å². The van der Waals surface area contributed by atoms with Gasteiger partial charge in [0, 0.05) is 36.7 Å². The summed E-state index contributed by atoms with van der Waals surface area (Å²) < 4.78 is 13.6. The van der Waals surface area contributed by atoms with Crippen LogP contribution in [0.5, 0.6) is 0 Å². The number of carbonyl (C=O) groups is 1. The summed E-state index contributed by atoms with van der Waals surface area (Å²) in [5.41, 5.74) is 2.46. The van der Waals surface area contributed by atoms with Gasteiger partial charge < -0.3 is 14.0 Å². The summed E-state index contributed by atoms with van der Waals surface area (Å²) in [6, 6.07) is 12.1. The molecule has 2 aromatic heterocycles. The minimum Gasteiger partial charge on any atom is -0.459 e. The lowest BCUT2D eigenvalue weighted by Gasteiger charge is -2.39. The number of ether oxygens (including phenoxy) is 2. The SMILES string of the molecule is O=C(O[C@H]1C[C@@H]2CCO[C@H](C1)N2)c1cn(-c2cccnc2)c2ccccc12. The van der Waals surface area contributed by atoms with Crippen LogP contribution in [-0.2, 0) is 9.47 Å². The molecular formula is C21H21N3O3. The zero-order valence-electron chi connectivity index (χ0n) is 14.9. The summed E-state index contributed by atoms with van der Waals surface area (Å²) in [7, 11) is 0. The third-order valence-corrected chi connectivity index (χ3v) is 5.36. The van der Waals surface area contributed by atoms with Crippen molar-refractivity contribution in [3.05, 3.63) is 60.6 Å². The summed E-state index contributed by atoms with van der Waals surface area (Å²) in [6.07, 6.45) is 7.75. The first-order valence-corrected chi connectivity index (χ1v) is 9.37. The highest BCUT2D eigenvalue weighted by molar-refractivity contribution is 6.05. The molecule has 0 amide bonds. The van der Waals surface area contributed by atoms with E-state index < -0.39 is 0 Å². The number of esters is 1. The van der Waals surface area contributed by atoms with Crippen LogP contribution in [0.25, 0.3) is 16.6 Å². The molecule has 6 nitrogen and oxygen atoms in total. The van der Waals surface area contributed by atoms with E-state index in [0.29, 0.717) is 18.0 Å². The third kappa shape index (κ3) is 3.11. The number of benzene rings is 1. The largest absolute Gasteiger partial charge is 0.459 e. The highest BCUT2D eigenvalue weighted by atomic mass is 16.5. The van der Waals surface area contributed by atoms with Crippen molar-refractivity contribution in [2.24, 2.45) is 0 Å². The van der Waals surface area contributed by atoms with Gasteiger partial charge in [0.05, 0.1) is 29.6 Å². The molecule has 0 aliphatic carbocycles. The first-order chi connectivity index (χ1) is 13.3. The van der Waals surface area contributed by atoms with Gasteiger partial charge in [-0.1, -0.05) is 18.2 Å². The standard InChI is InChI=1S/C21H21N3O3/c25-21(27-16-10-14-7-9-26-20(11-16)23-14)18-13-24(15-4-3-8-22-12-15)19-6-2-1-5-17(18)19/h1-6,8,12-14,16,20,23H,7,9-11H2/t14-,16-,20+/m0/s1. The summed E-state index contributed by atoms with van der Waals surface area (Å²) in [5.74, 6) is -0.279. The average Bonchev–Trinajstić information content (AvgIpc) is 3.08. The van der Waals surface area contributed by atoms with Crippen LogP contribution >= 0.6 is 0 Å². The fourth-order valence-corrected chi connectivity index (χ4v) is 4.08. The molecule has 1 aromatic carbocycles. The Hall–Kier alpha value is -2.70. The minimum atomic E-state index is -0.279. The van der Waals surface area contributed by atoms with Gasteiger partial charge in [0.25, 0.3) is 0 Å². The number of para-hydroxylation sites is 1. The van der Waals surface area contributed by atoms with Crippen molar-refractivity contribution in [1.82, 2.24) is 14.9 Å². The van der Waals surface area contributed by atoms with Crippen LogP contribution in [-0.4, -0.2) is 40.5 Å². The first kappa shape index (κ1) is 16.5. The molecule has 2 fully saturated rings. The van der Waals surface area contributed by atoms with Crippen LogP contribution in [0, 0.1) is 0 Å². The van der Waals surface area contributed by atoms with Crippen LogP contribution in [0.3, 0.4) is 0 Å². The smallest absolute Gasteiger partial charge is 0.340 e. The van der Waals surface area contributed by atoms with E-state index >= 15 is 0 Å². The second kappa shape index (κ2) is 6.79. The number of fused-ring (bicyclic) bond motifs is 3. The van der Waals surface area contributed by atoms with Gasteiger partial charge in [-0.2, -0.15) is 0 Å². The number of nitrogens with one attached hydrogen (secondary N) is 1. The van der Waals surface area contributed by atoms with E-state index in [1.807, 2.05) is 47.2 Å². The minimum absolute atomic E-state index is 0.00737. The maximum atomic E-state index is 13.0. The van der Waals surface area contributed by atoms with Crippen molar-refractivity contribution >= 4 is 16.9 Å². The highest BCUT2D eigenvalue weighted by Gasteiger charge is 2.34.